The second kappa shape index (κ2) is 34.2. The van der Waals surface area contributed by atoms with Crippen molar-refractivity contribution in [3.63, 3.8) is 0 Å². The topological polar surface area (TPSA) is 131 Å². The average molecular weight is 768 g/mol. The van der Waals surface area contributed by atoms with Gasteiger partial charge in [-0.1, -0.05) is 120 Å². The number of carbonyl (C=O) groups is 2. The van der Waals surface area contributed by atoms with Crippen molar-refractivity contribution in [2.45, 2.75) is 148 Å². The first-order valence-corrected chi connectivity index (χ1v) is 21.6. The molecule has 1 N–H and O–H groups in total. The summed E-state index contributed by atoms with van der Waals surface area (Å²) < 4.78 is 33.6. The highest BCUT2D eigenvalue weighted by Gasteiger charge is 2.21. The third-order valence-electron chi connectivity index (χ3n) is 8.09. The largest absolute Gasteiger partial charge is 0.756 e. The molecule has 0 aromatic carbocycles. The molecule has 0 aliphatic rings. The smallest absolute Gasteiger partial charge is 0.306 e. The van der Waals surface area contributed by atoms with Crippen molar-refractivity contribution in [1.82, 2.24) is 0 Å². The zero-order valence-electron chi connectivity index (χ0n) is 33.8. The van der Waals surface area contributed by atoms with Gasteiger partial charge in [0.15, 0.2) is 6.10 Å². The van der Waals surface area contributed by atoms with E-state index in [9.17, 15) is 24.2 Å². The van der Waals surface area contributed by atoms with E-state index in [1.54, 1.807) is 12.2 Å². The number of likely N-dealkylation sites (N-methyl/N-ethyl adjacent to an activating group) is 1. The maximum Gasteiger partial charge on any atom is 0.306 e. The van der Waals surface area contributed by atoms with E-state index in [0.29, 0.717) is 36.7 Å². The minimum atomic E-state index is -4.66. The number of rotatable bonds is 35. The van der Waals surface area contributed by atoms with E-state index in [1.165, 1.54) is 32.1 Å². The monoisotopic (exact) mass is 768 g/mol. The van der Waals surface area contributed by atoms with Crippen LogP contribution in [-0.4, -0.2) is 81.2 Å². The highest BCUT2D eigenvalue weighted by molar-refractivity contribution is 7.45. The predicted molar refractivity (Wildman–Crippen MR) is 214 cm³/mol. The number of quaternary nitrogens is 1. The fourth-order valence-electron chi connectivity index (χ4n) is 4.82. The van der Waals surface area contributed by atoms with Gasteiger partial charge in [0.25, 0.3) is 7.82 Å². The van der Waals surface area contributed by atoms with Crippen LogP contribution in [0.3, 0.4) is 0 Å². The maximum absolute atomic E-state index is 12.6. The van der Waals surface area contributed by atoms with Gasteiger partial charge in [0.05, 0.1) is 33.9 Å². The number of carbonyl (C=O) groups excluding carboxylic acids is 2. The zero-order valence-corrected chi connectivity index (χ0v) is 34.7. The van der Waals surface area contributed by atoms with Crippen LogP contribution in [0, 0.1) is 0 Å². The molecule has 10 nitrogen and oxygen atoms in total. The minimum absolute atomic E-state index is 0.0603. The van der Waals surface area contributed by atoms with Gasteiger partial charge in [-0.15, -0.1) is 0 Å². The van der Waals surface area contributed by atoms with Crippen molar-refractivity contribution in [2.24, 2.45) is 0 Å². The van der Waals surface area contributed by atoms with Crippen molar-refractivity contribution in [3.05, 3.63) is 60.8 Å². The van der Waals surface area contributed by atoms with E-state index < -0.39 is 38.6 Å². The Hall–Kier alpha value is -2.33. The lowest BCUT2D eigenvalue weighted by Gasteiger charge is -2.28. The molecule has 3 atom stereocenters. The van der Waals surface area contributed by atoms with E-state index in [4.69, 9.17) is 18.5 Å². The number of nitrogens with zero attached hydrogens (tertiary/aromatic N) is 1. The van der Waals surface area contributed by atoms with Gasteiger partial charge in [-0.05, 0) is 64.2 Å². The molecule has 0 saturated carbocycles. The van der Waals surface area contributed by atoms with Gasteiger partial charge in [-0.3, -0.25) is 14.2 Å². The first kappa shape index (κ1) is 50.7. The van der Waals surface area contributed by atoms with Crippen LogP contribution in [-0.2, 0) is 32.7 Å². The Morgan fingerprint density at radius 1 is 0.698 bits per heavy atom. The van der Waals surface area contributed by atoms with Gasteiger partial charge in [-0.2, -0.15) is 0 Å². The quantitative estimate of drug-likeness (QED) is 0.0167. The van der Waals surface area contributed by atoms with Crippen molar-refractivity contribution in [1.29, 1.82) is 0 Å². The normalized spacial score (nSPS) is 14.9. The van der Waals surface area contributed by atoms with E-state index in [0.717, 1.165) is 51.4 Å². The molecule has 53 heavy (non-hydrogen) atoms. The van der Waals surface area contributed by atoms with Gasteiger partial charge in [0, 0.05) is 12.8 Å². The molecule has 0 spiro atoms. The fourth-order valence-corrected chi connectivity index (χ4v) is 5.55. The average Bonchev–Trinajstić information content (AvgIpc) is 3.10. The number of hydrogen-bond donors (Lipinski definition) is 1. The standard InChI is InChI=1S/C42H74NO9P/c1-6-8-10-12-14-16-17-19-21-25-29-33-41(45)49-37-40(38-51-53(47,48)50-36-35-43(3,4)5)52-42(46)34-30-26-22-24-28-32-39(44)31-27-23-20-18-15-13-11-9-7-2/h12,14-15,18,22-24,27-28,32,39-40,44H,6-11,13,16-17,19-21,25-26,29-31,33-38H2,1-5H3/b14-12-,18-15-,24-22+,27-23-,32-28-/t39?,40-/m1/s1. The van der Waals surface area contributed by atoms with E-state index in [2.05, 4.69) is 44.2 Å². The molecule has 2 unspecified atom stereocenters. The lowest BCUT2D eigenvalue weighted by Crippen LogP contribution is -2.37. The number of allylic oxidation sites excluding steroid dienone is 8. The van der Waals surface area contributed by atoms with Gasteiger partial charge < -0.3 is 33.0 Å². The molecule has 0 bridgehead atoms. The van der Waals surface area contributed by atoms with Crippen LogP contribution in [0.2, 0.25) is 0 Å². The van der Waals surface area contributed by atoms with Crippen molar-refractivity contribution >= 4 is 19.8 Å². The van der Waals surface area contributed by atoms with Crippen LogP contribution in [0.4, 0.5) is 0 Å². The fraction of sp³-hybridized carbons (Fsp3) is 0.714. The second-order valence-corrected chi connectivity index (χ2v) is 15.9. The molecule has 0 fully saturated rings. The highest BCUT2D eigenvalue weighted by Crippen LogP contribution is 2.38. The summed E-state index contributed by atoms with van der Waals surface area (Å²) in [4.78, 5) is 37.3. The molecule has 306 valence electrons. The van der Waals surface area contributed by atoms with E-state index in [-0.39, 0.29) is 26.1 Å². The highest BCUT2D eigenvalue weighted by atomic mass is 31.2. The molecule has 0 radical (unpaired) electrons. The van der Waals surface area contributed by atoms with E-state index >= 15 is 0 Å². The maximum atomic E-state index is 12.6. The van der Waals surface area contributed by atoms with Crippen LogP contribution < -0.4 is 4.89 Å². The summed E-state index contributed by atoms with van der Waals surface area (Å²) in [5, 5.41) is 10.1. The Morgan fingerprint density at radius 2 is 1.30 bits per heavy atom. The second-order valence-electron chi connectivity index (χ2n) is 14.5. The number of ether oxygens (including phenoxy) is 2. The summed E-state index contributed by atoms with van der Waals surface area (Å²) in [7, 11) is 1.06. The molecule has 0 amide bonds. The molecule has 0 aliphatic heterocycles. The first-order valence-electron chi connectivity index (χ1n) is 20.1. The Balaban J connectivity index is 4.63. The molecule has 0 saturated heterocycles. The number of aliphatic hydroxyl groups is 1. The third-order valence-corrected chi connectivity index (χ3v) is 9.05. The summed E-state index contributed by atoms with van der Waals surface area (Å²) >= 11 is 0. The number of phosphoric acid groups is 1. The van der Waals surface area contributed by atoms with Crippen molar-refractivity contribution < 1.29 is 47.2 Å². The summed E-state index contributed by atoms with van der Waals surface area (Å²) in [5.41, 5.74) is 0. The van der Waals surface area contributed by atoms with Crippen LogP contribution in [0.15, 0.2) is 60.8 Å². The number of unbranched alkanes of at least 4 members (excludes halogenated alkanes) is 11. The Morgan fingerprint density at radius 3 is 2.02 bits per heavy atom. The van der Waals surface area contributed by atoms with Crippen molar-refractivity contribution in [2.75, 3.05) is 47.5 Å². The molecular weight excluding hydrogens is 693 g/mol. The Kier molecular flexibility index (Phi) is 32.7. The molecule has 0 rings (SSSR count). The number of phosphoric ester groups is 1. The summed E-state index contributed by atoms with van der Waals surface area (Å²) in [6, 6.07) is 0. The van der Waals surface area contributed by atoms with Gasteiger partial charge in [0.2, 0.25) is 0 Å². The Labute approximate surface area is 322 Å². The molecular formula is C42H74NO9P. The summed E-state index contributed by atoms with van der Waals surface area (Å²) in [5.74, 6) is -0.984. The zero-order chi connectivity index (χ0) is 39.5. The molecule has 0 aromatic heterocycles. The minimum Gasteiger partial charge on any atom is -0.756 e. The van der Waals surface area contributed by atoms with Gasteiger partial charge >= 0.3 is 11.9 Å². The molecule has 0 aliphatic carbocycles. The lowest BCUT2D eigenvalue weighted by atomic mass is 10.1. The molecule has 0 heterocycles. The van der Waals surface area contributed by atoms with Gasteiger partial charge in [-0.25, -0.2) is 0 Å². The van der Waals surface area contributed by atoms with Crippen molar-refractivity contribution in [3.8, 4) is 0 Å². The molecule has 11 heteroatoms. The number of hydrogen-bond acceptors (Lipinski definition) is 9. The third kappa shape index (κ3) is 37.8. The molecule has 0 aromatic rings. The predicted octanol–water partition coefficient (Wildman–Crippen LogP) is 9.24. The Bertz CT molecular complexity index is 1110. The van der Waals surface area contributed by atoms with Crippen LogP contribution in [0.5, 0.6) is 0 Å². The SMILES string of the molecule is CCCC/C=C\CCCCCCCC(=O)OC[C@H](COP(=O)([O-])OCC[N+](C)(C)C)OC(=O)CCC/C=C/C=C\C(O)C/C=C\C/C=C\CCCCC. The summed E-state index contributed by atoms with van der Waals surface area (Å²) in [6.07, 6.45) is 35.7. The van der Waals surface area contributed by atoms with Crippen LogP contribution >= 0.6 is 7.82 Å². The van der Waals surface area contributed by atoms with Crippen LogP contribution in [0.1, 0.15) is 136 Å². The van der Waals surface area contributed by atoms with Crippen LogP contribution in [0.25, 0.3) is 0 Å². The summed E-state index contributed by atoms with van der Waals surface area (Å²) in [6.45, 7) is 3.94. The lowest BCUT2D eigenvalue weighted by molar-refractivity contribution is -0.870. The number of esters is 2. The number of aliphatic hydroxyl groups excluding tert-OH is 1. The van der Waals surface area contributed by atoms with Gasteiger partial charge in [0.1, 0.15) is 19.8 Å². The van der Waals surface area contributed by atoms with E-state index in [1.807, 2.05) is 39.4 Å². The first-order chi connectivity index (χ1) is 25.4.